The number of aryl methyl sites for hydroxylation is 1. The maximum absolute atomic E-state index is 4.91. The Morgan fingerprint density at radius 2 is 2.00 bits per heavy atom. The van der Waals surface area contributed by atoms with Crippen LogP contribution in [-0.4, -0.2) is 9.97 Å². The SMILES string of the molecule is Cc1ccc2nc(C3(CC(C)C)CCCC3)[nH]c2c1. The van der Waals surface area contributed by atoms with Gasteiger partial charge in [-0.25, -0.2) is 4.98 Å². The van der Waals surface area contributed by atoms with Crippen molar-refractivity contribution >= 4 is 11.0 Å². The van der Waals surface area contributed by atoms with E-state index in [2.05, 4.69) is 44.0 Å². The van der Waals surface area contributed by atoms with E-state index in [-0.39, 0.29) is 0 Å². The standard InChI is InChI=1S/C17H24N2/c1-12(2)11-17(8-4-5-9-17)16-18-14-7-6-13(3)10-15(14)19-16/h6-7,10,12H,4-5,8-9,11H2,1-3H3,(H,18,19). The van der Waals surface area contributed by atoms with Crippen LogP contribution in [0.25, 0.3) is 11.0 Å². The van der Waals surface area contributed by atoms with Gasteiger partial charge < -0.3 is 4.98 Å². The smallest absolute Gasteiger partial charge is 0.113 e. The normalized spacial score (nSPS) is 18.5. The Kier molecular flexibility index (Phi) is 3.12. The summed E-state index contributed by atoms with van der Waals surface area (Å²) in [5, 5.41) is 0. The van der Waals surface area contributed by atoms with Crippen LogP contribution in [0, 0.1) is 12.8 Å². The Labute approximate surface area is 115 Å². The van der Waals surface area contributed by atoms with Gasteiger partial charge in [-0.3, -0.25) is 0 Å². The Hall–Kier alpha value is -1.31. The highest BCUT2D eigenvalue weighted by molar-refractivity contribution is 5.76. The summed E-state index contributed by atoms with van der Waals surface area (Å²) in [6, 6.07) is 6.50. The number of nitrogens with one attached hydrogen (secondary N) is 1. The third-order valence-corrected chi connectivity index (χ3v) is 4.50. The number of H-pyrrole nitrogens is 1. The number of rotatable bonds is 3. The van der Waals surface area contributed by atoms with Gasteiger partial charge in [-0.2, -0.15) is 0 Å². The fourth-order valence-electron chi connectivity index (χ4n) is 3.75. The van der Waals surface area contributed by atoms with Gasteiger partial charge >= 0.3 is 0 Å². The van der Waals surface area contributed by atoms with E-state index in [0.717, 1.165) is 11.4 Å². The maximum atomic E-state index is 4.91. The number of aromatic nitrogens is 2. The van der Waals surface area contributed by atoms with Gasteiger partial charge in [0.2, 0.25) is 0 Å². The molecule has 1 aromatic heterocycles. The zero-order chi connectivity index (χ0) is 13.5. The van der Waals surface area contributed by atoms with E-state index in [1.807, 2.05) is 0 Å². The molecule has 0 amide bonds. The van der Waals surface area contributed by atoms with Crippen molar-refractivity contribution in [2.45, 2.75) is 58.3 Å². The average Bonchev–Trinajstić information content (AvgIpc) is 2.94. The van der Waals surface area contributed by atoms with Crippen molar-refractivity contribution < 1.29 is 0 Å². The van der Waals surface area contributed by atoms with Gasteiger partial charge in [-0.05, 0) is 49.8 Å². The number of nitrogens with zero attached hydrogens (tertiary/aromatic N) is 1. The highest BCUT2D eigenvalue weighted by Crippen LogP contribution is 2.44. The van der Waals surface area contributed by atoms with E-state index in [9.17, 15) is 0 Å². The molecule has 0 saturated heterocycles. The first-order valence-corrected chi connectivity index (χ1v) is 7.56. The van der Waals surface area contributed by atoms with Crippen LogP contribution in [0.5, 0.6) is 0 Å². The number of benzene rings is 1. The first-order chi connectivity index (χ1) is 9.09. The van der Waals surface area contributed by atoms with Crippen molar-refractivity contribution in [2.75, 3.05) is 0 Å². The quantitative estimate of drug-likeness (QED) is 0.845. The summed E-state index contributed by atoms with van der Waals surface area (Å²) in [6.45, 7) is 6.79. The molecule has 0 unspecified atom stereocenters. The molecular weight excluding hydrogens is 232 g/mol. The summed E-state index contributed by atoms with van der Waals surface area (Å²) in [4.78, 5) is 8.52. The lowest BCUT2D eigenvalue weighted by Crippen LogP contribution is -2.25. The Balaban J connectivity index is 2.05. The predicted octanol–water partition coefficient (Wildman–Crippen LogP) is 4.73. The third kappa shape index (κ3) is 2.29. The Morgan fingerprint density at radius 1 is 1.26 bits per heavy atom. The van der Waals surface area contributed by atoms with Crippen LogP contribution in [0.1, 0.15) is 57.3 Å². The largest absolute Gasteiger partial charge is 0.341 e. The minimum absolute atomic E-state index is 0.307. The lowest BCUT2D eigenvalue weighted by molar-refractivity contribution is 0.332. The molecule has 0 bridgehead atoms. The zero-order valence-corrected chi connectivity index (χ0v) is 12.3. The molecule has 0 aliphatic heterocycles. The number of hydrogen-bond acceptors (Lipinski definition) is 1. The van der Waals surface area contributed by atoms with Gasteiger partial charge in [0.1, 0.15) is 5.82 Å². The highest BCUT2D eigenvalue weighted by atomic mass is 14.9. The summed E-state index contributed by atoms with van der Waals surface area (Å²) >= 11 is 0. The van der Waals surface area contributed by atoms with E-state index < -0.39 is 0 Å². The summed E-state index contributed by atoms with van der Waals surface area (Å²) < 4.78 is 0. The average molecular weight is 256 g/mol. The number of fused-ring (bicyclic) bond motifs is 1. The van der Waals surface area contributed by atoms with Crippen LogP contribution < -0.4 is 0 Å². The van der Waals surface area contributed by atoms with Crippen molar-refractivity contribution in [1.29, 1.82) is 0 Å². The number of hydrogen-bond donors (Lipinski definition) is 1. The van der Waals surface area contributed by atoms with Gasteiger partial charge in [0, 0.05) is 5.41 Å². The molecule has 1 aromatic carbocycles. The van der Waals surface area contributed by atoms with Crippen LogP contribution in [-0.2, 0) is 5.41 Å². The summed E-state index contributed by atoms with van der Waals surface area (Å²) in [6.07, 6.45) is 6.55. The maximum Gasteiger partial charge on any atom is 0.113 e. The molecule has 2 aromatic rings. The molecule has 0 radical (unpaired) electrons. The lowest BCUT2D eigenvalue weighted by atomic mass is 9.78. The summed E-state index contributed by atoms with van der Waals surface area (Å²) in [5.74, 6) is 1.97. The van der Waals surface area contributed by atoms with Gasteiger partial charge in [0.25, 0.3) is 0 Å². The molecule has 2 nitrogen and oxygen atoms in total. The molecule has 102 valence electrons. The highest BCUT2D eigenvalue weighted by Gasteiger charge is 2.38. The number of imidazole rings is 1. The van der Waals surface area contributed by atoms with E-state index in [0.29, 0.717) is 5.41 Å². The van der Waals surface area contributed by atoms with Crippen LogP contribution in [0.3, 0.4) is 0 Å². The zero-order valence-electron chi connectivity index (χ0n) is 12.3. The van der Waals surface area contributed by atoms with E-state index in [1.54, 1.807) is 0 Å². The number of aromatic amines is 1. The van der Waals surface area contributed by atoms with Crippen molar-refractivity contribution in [3.8, 4) is 0 Å². The molecule has 19 heavy (non-hydrogen) atoms. The van der Waals surface area contributed by atoms with E-state index >= 15 is 0 Å². The Morgan fingerprint density at radius 3 is 2.68 bits per heavy atom. The fourth-order valence-corrected chi connectivity index (χ4v) is 3.75. The Bertz CT molecular complexity index is 574. The van der Waals surface area contributed by atoms with Crippen molar-refractivity contribution in [3.63, 3.8) is 0 Å². The van der Waals surface area contributed by atoms with E-state index in [4.69, 9.17) is 4.98 Å². The van der Waals surface area contributed by atoms with Crippen molar-refractivity contribution in [2.24, 2.45) is 5.92 Å². The molecule has 1 aliphatic rings. The van der Waals surface area contributed by atoms with Crippen molar-refractivity contribution in [1.82, 2.24) is 9.97 Å². The second kappa shape index (κ2) is 4.66. The first kappa shape index (κ1) is 12.7. The predicted molar refractivity (Wildman–Crippen MR) is 80.4 cm³/mol. The fraction of sp³-hybridized carbons (Fsp3) is 0.588. The van der Waals surface area contributed by atoms with E-state index in [1.165, 1.54) is 49.0 Å². The molecule has 1 heterocycles. The molecule has 0 spiro atoms. The molecular formula is C17H24N2. The van der Waals surface area contributed by atoms with Crippen LogP contribution in [0.15, 0.2) is 18.2 Å². The molecule has 1 saturated carbocycles. The molecule has 0 atom stereocenters. The molecule has 1 fully saturated rings. The van der Waals surface area contributed by atoms with Gasteiger partial charge in [-0.15, -0.1) is 0 Å². The van der Waals surface area contributed by atoms with Gasteiger partial charge in [-0.1, -0.05) is 32.8 Å². The summed E-state index contributed by atoms with van der Waals surface area (Å²) in [7, 11) is 0. The second-order valence-electron chi connectivity index (χ2n) is 6.69. The van der Waals surface area contributed by atoms with Crippen molar-refractivity contribution in [3.05, 3.63) is 29.6 Å². The molecule has 2 heteroatoms. The third-order valence-electron chi connectivity index (χ3n) is 4.50. The van der Waals surface area contributed by atoms with Crippen LogP contribution in [0.4, 0.5) is 0 Å². The van der Waals surface area contributed by atoms with Gasteiger partial charge in [0.05, 0.1) is 11.0 Å². The lowest BCUT2D eigenvalue weighted by Gasteiger charge is -2.28. The second-order valence-corrected chi connectivity index (χ2v) is 6.69. The molecule has 1 aliphatic carbocycles. The van der Waals surface area contributed by atoms with Crippen LogP contribution >= 0.6 is 0 Å². The minimum Gasteiger partial charge on any atom is -0.341 e. The minimum atomic E-state index is 0.307. The summed E-state index contributed by atoms with van der Waals surface area (Å²) in [5.41, 5.74) is 3.92. The van der Waals surface area contributed by atoms with Crippen LogP contribution in [0.2, 0.25) is 0 Å². The molecule has 1 N–H and O–H groups in total. The topological polar surface area (TPSA) is 28.7 Å². The molecule has 3 rings (SSSR count). The monoisotopic (exact) mass is 256 g/mol. The first-order valence-electron chi connectivity index (χ1n) is 7.56. The van der Waals surface area contributed by atoms with Gasteiger partial charge in [0.15, 0.2) is 0 Å².